The molecular weight excluding hydrogens is 272 g/mol. The van der Waals surface area contributed by atoms with E-state index in [-0.39, 0.29) is 23.7 Å². The van der Waals surface area contributed by atoms with E-state index in [1.54, 1.807) is 24.3 Å². The molecule has 1 aromatic rings. The van der Waals surface area contributed by atoms with Crippen LogP contribution in [0.1, 0.15) is 25.0 Å². The smallest absolute Gasteiger partial charge is 0.317 e. The van der Waals surface area contributed by atoms with E-state index in [4.69, 9.17) is 9.15 Å². The van der Waals surface area contributed by atoms with Crippen LogP contribution in [0.25, 0.3) is 0 Å². The standard InChI is InChI=1S/C15H22N2O4/c1-20-13-9-12(18)15(13)4-6-17(7-5-15)14(19)16-10-11-3-2-8-21-11/h2-3,8,12-13,18H,4-7,9-10H2,1H3,(H,16,19)/t12-,13+/m1/s1. The van der Waals surface area contributed by atoms with Crippen molar-refractivity contribution < 1.29 is 19.1 Å². The molecule has 2 atom stereocenters. The fourth-order valence-corrected chi connectivity index (χ4v) is 3.53. The van der Waals surface area contributed by atoms with Gasteiger partial charge in [0.2, 0.25) is 0 Å². The molecule has 0 unspecified atom stereocenters. The second-order valence-electron chi connectivity index (χ2n) is 5.93. The highest BCUT2D eigenvalue weighted by Gasteiger charge is 2.56. The van der Waals surface area contributed by atoms with Crippen molar-refractivity contribution in [2.45, 2.75) is 38.0 Å². The number of nitrogens with one attached hydrogen (secondary N) is 1. The molecular formula is C15H22N2O4. The molecule has 1 saturated carbocycles. The van der Waals surface area contributed by atoms with E-state index < -0.39 is 0 Å². The summed E-state index contributed by atoms with van der Waals surface area (Å²) in [6.07, 6.45) is 3.72. The fourth-order valence-electron chi connectivity index (χ4n) is 3.53. The van der Waals surface area contributed by atoms with Crippen molar-refractivity contribution in [3.8, 4) is 0 Å². The summed E-state index contributed by atoms with van der Waals surface area (Å²) in [6.45, 7) is 1.71. The largest absolute Gasteiger partial charge is 0.467 e. The van der Waals surface area contributed by atoms with Crippen molar-refractivity contribution >= 4 is 6.03 Å². The third-order valence-corrected chi connectivity index (χ3v) is 5.00. The number of rotatable bonds is 3. The molecule has 0 radical (unpaired) electrons. The Morgan fingerprint density at radius 3 is 2.90 bits per heavy atom. The number of methoxy groups -OCH3 is 1. The van der Waals surface area contributed by atoms with Gasteiger partial charge in [-0.1, -0.05) is 0 Å². The van der Waals surface area contributed by atoms with E-state index >= 15 is 0 Å². The minimum atomic E-state index is -0.296. The number of aliphatic hydroxyl groups excluding tert-OH is 1. The number of piperidine rings is 1. The first-order chi connectivity index (χ1) is 10.2. The van der Waals surface area contributed by atoms with Crippen LogP contribution in [0.4, 0.5) is 4.79 Å². The molecule has 2 amide bonds. The molecule has 0 aromatic carbocycles. The summed E-state index contributed by atoms with van der Waals surface area (Å²) < 4.78 is 10.6. The summed E-state index contributed by atoms with van der Waals surface area (Å²) in [4.78, 5) is 13.9. The van der Waals surface area contributed by atoms with Crippen LogP contribution in [-0.2, 0) is 11.3 Å². The minimum absolute atomic E-state index is 0.0796. The maximum atomic E-state index is 12.1. The van der Waals surface area contributed by atoms with Crippen molar-refractivity contribution in [3.05, 3.63) is 24.2 Å². The van der Waals surface area contributed by atoms with Crippen molar-refractivity contribution in [1.82, 2.24) is 10.2 Å². The molecule has 2 N–H and O–H groups in total. The number of hydrogen-bond donors (Lipinski definition) is 2. The van der Waals surface area contributed by atoms with Gasteiger partial charge in [-0.3, -0.25) is 0 Å². The van der Waals surface area contributed by atoms with Gasteiger partial charge in [-0.05, 0) is 25.0 Å². The van der Waals surface area contributed by atoms with E-state index in [9.17, 15) is 9.90 Å². The lowest BCUT2D eigenvalue weighted by Crippen LogP contribution is -2.63. The molecule has 116 valence electrons. The number of likely N-dealkylation sites (tertiary alicyclic amines) is 1. The summed E-state index contributed by atoms with van der Waals surface area (Å²) in [5.74, 6) is 0.741. The monoisotopic (exact) mass is 294 g/mol. The Morgan fingerprint density at radius 2 is 2.33 bits per heavy atom. The Hall–Kier alpha value is -1.53. The predicted molar refractivity (Wildman–Crippen MR) is 75.6 cm³/mol. The van der Waals surface area contributed by atoms with Crippen molar-refractivity contribution in [2.75, 3.05) is 20.2 Å². The number of carbonyl (C=O) groups is 1. The molecule has 2 heterocycles. The van der Waals surface area contributed by atoms with Gasteiger partial charge in [-0.15, -0.1) is 0 Å². The van der Waals surface area contributed by atoms with Crippen LogP contribution in [0.3, 0.4) is 0 Å². The molecule has 2 fully saturated rings. The van der Waals surface area contributed by atoms with E-state index in [0.29, 0.717) is 26.1 Å². The molecule has 1 spiro atoms. The van der Waals surface area contributed by atoms with Crippen LogP contribution in [0.5, 0.6) is 0 Å². The van der Waals surface area contributed by atoms with Crippen LogP contribution < -0.4 is 5.32 Å². The lowest BCUT2D eigenvalue weighted by molar-refractivity contribution is -0.198. The van der Waals surface area contributed by atoms with Crippen LogP contribution in [0.2, 0.25) is 0 Å². The Balaban J connectivity index is 1.50. The highest BCUT2D eigenvalue weighted by molar-refractivity contribution is 5.74. The Labute approximate surface area is 124 Å². The number of furan rings is 1. The molecule has 1 aliphatic heterocycles. The zero-order valence-electron chi connectivity index (χ0n) is 12.2. The first-order valence-corrected chi connectivity index (χ1v) is 7.42. The zero-order chi connectivity index (χ0) is 14.9. The summed E-state index contributed by atoms with van der Waals surface area (Å²) in [5.41, 5.74) is -0.146. The van der Waals surface area contributed by atoms with Gasteiger partial charge in [0, 0.05) is 32.0 Å². The van der Waals surface area contributed by atoms with Crippen LogP contribution in [0, 0.1) is 5.41 Å². The number of nitrogens with zero attached hydrogens (tertiary/aromatic N) is 1. The quantitative estimate of drug-likeness (QED) is 0.882. The number of aliphatic hydroxyl groups is 1. The first kappa shape index (κ1) is 14.4. The molecule has 1 saturated heterocycles. The predicted octanol–water partition coefficient (Wildman–Crippen LogP) is 1.35. The minimum Gasteiger partial charge on any atom is -0.467 e. The number of carbonyl (C=O) groups excluding carboxylic acids is 1. The van der Waals surface area contributed by atoms with Crippen molar-refractivity contribution in [1.29, 1.82) is 0 Å². The molecule has 3 rings (SSSR count). The molecule has 0 bridgehead atoms. The summed E-state index contributed by atoms with van der Waals surface area (Å²) in [6, 6.07) is 3.55. The molecule has 2 aliphatic rings. The third-order valence-electron chi connectivity index (χ3n) is 5.00. The second-order valence-corrected chi connectivity index (χ2v) is 5.93. The van der Waals surface area contributed by atoms with E-state index in [1.807, 2.05) is 6.07 Å². The van der Waals surface area contributed by atoms with Crippen molar-refractivity contribution in [2.24, 2.45) is 5.41 Å². The van der Waals surface area contributed by atoms with Gasteiger partial charge in [0.1, 0.15) is 5.76 Å². The molecule has 6 heteroatoms. The normalized spacial score (nSPS) is 27.4. The van der Waals surface area contributed by atoms with E-state index in [2.05, 4.69) is 5.32 Å². The summed E-state index contributed by atoms with van der Waals surface area (Å²) in [5, 5.41) is 12.9. The van der Waals surface area contributed by atoms with E-state index in [0.717, 1.165) is 18.6 Å². The third kappa shape index (κ3) is 2.53. The Morgan fingerprint density at radius 1 is 1.57 bits per heavy atom. The average Bonchev–Trinajstić information content (AvgIpc) is 3.03. The average molecular weight is 294 g/mol. The molecule has 21 heavy (non-hydrogen) atoms. The van der Waals surface area contributed by atoms with Gasteiger partial charge in [-0.25, -0.2) is 4.79 Å². The molecule has 6 nitrogen and oxygen atoms in total. The van der Waals surface area contributed by atoms with Gasteiger partial charge < -0.3 is 24.5 Å². The molecule has 1 aromatic heterocycles. The lowest BCUT2D eigenvalue weighted by atomic mass is 9.58. The number of ether oxygens (including phenoxy) is 1. The maximum absolute atomic E-state index is 12.1. The zero-order valence-corrected chi connectivity index (χ0v) is 12.2. The Kier molecular flexibility index (Phi) is 3.91. The fraction of sp³-hybridized carbons (Fsp3) is 0.667. The number of urea groups is 1. The van der Waals surface area contributed by atoms with Gasteiger partial charge in [0.25, 0.3) is 0 Å². The number of amides is 2. The van der Waals surface area contributed by atoms with Crippen LogP contribution in [0.15, 0.2) is 22.8 Å². The second kappa shape index (κ2) is 5.69. The first-order valence-electron chi connectivity index (χ1n) is 7.42. The molecule has 1 aliphatic carbocycles. The summed E-state index contributed by atoms with van der Waals surface area (Å²) in [7, 11) is 1.70. The van der Waals surface area contributed by atoms with Crippen LogP contribution >= 0.6 is 0 Å². The SMILES string of the molecule is CO[C@H]1C[C@@H](O)C12CCN(C(=O)NCc1ccco1)CC2. The number of hydrogen-bond acceptors (Lipinski definition) is 4. The highest BCUT2D eigenvalue weighted by atomic mass is 16.5. The maximum Gasteiger partial charge on any atom is 0.317 e. The highest BCUT2D eigenvalue weighted by Crippen LogP contribution is 2.50. The topological polar surface area (TPSA) is 74.9 Å². The summed E-state index contributed by atoms with van der Waals surface area (Å²) >= 11 is 0. The van der Waals surface area contributed by atoms with Gasteiger partial charge >= 0.3 is 6.03 Å². The lowest BCUT2D eigenvalue weighted by Gasteiger charge is -2.56. The van der Waals surface area contributed by atoms with Crippen molar-refractivity contribution in [3.63, 3.8) is 0 Å². The van der Waals surface area contributed by atoms with Gasteiger partial charge in [0.05, 0.1) is 25.0 Å². The Bertz CT molecular complexity index is 480. The van der Waals surface area contributed by atoms with Gasteiger partial charge in [0.15, 0.2) is 0 Å². The van der Waals surface area contributed by atoms with E-state index in [1.165, 1.54) is 0 Å². The van der Waals surface area contributed by atoms with Gasteiger partial charge in [-0.2, -0.15) is 0 Å². The van der Waals surface area contributed by atoms with Crippen LogP contribution in [-0.4, -0.2) is 48.4 Å².